The number of hydrogen-bond acceptors (Lipinski definition) is 8. The van der Waals surface area contributed by atoms with Crippen LogP contribution in [-0.4, -0.2) is 78.2 Å². The highest BCUT2D eigenvalue weighted by Gasteiger charge is 2.51. The van der Waals surface area contributed by atoms with E-state index < -0.39 is 32.4 Å². The summed E-state index contributed by atoms with van der Waals surface area (Å²) in [5, 5.41) is -4.47. The predicted octanol–water partition coefficient (Wildman–Crippen LogP) is 5.10. The fraction of sp³-hybridized carbons (Fsp3) is 0.379. The number of alkyl halides is 2. The lowest BCUT2D eigenvalue weighted by molar-refractivity contribution is -0.0236. The van der Waals surface area contributed by atoms with Crippen molar-refractivity contribution in [2.75, 3.05) is 53.9 Å². The van der Waals surface area contributed by atoms with Crippen LogP contribution < -0.4 is 14.2 Å². The van der Waals surface area contributed by atoms with Gasteiger partial charge >= 0.3 is 15.4 Å². The number of hydrogen-bond donors (Lipinski definition) is 1. The minimum Gasteiger partial charge on any atom is -0.491 e. The van der Waals surface area contributed by atoms with E-state index in [0.717, 1.165) is 21.6 Å². The van der Waals surface area contributed by atoms with Gasteiger partial charge in [0.25, 0.3) is 0 Å². The van der Waals surface area contributed by atoms with Gasteiger partial charge in [0.05, 0.1) is 37.3 Å². The van der Waals surface area contributed by atoms with Gasteiger partial charge in [-0.05, 0) is 79.7 Å². The van der Waals surface area contributed by atoms with Crippen molar-refractivity contribution in [3.05, 3.63) is 72.8 Å². The first-order valence-electron chi connectivity index (χ1n) is 12.9. The molecule has 13 heteroatoms. The summed E-state index contributed by atoms with van der Waals surface area (Å²) in [5.74, 6) is 1.39. The van der Waals surface area contributed by atoms with Gasteiger partial charge in [0, 0.05) is 14.2 Å². The predicted molar refractivity (Wildman–Crippen MR) is 154 cm³/mol. The van der Waals surface area contributed by atoms with Gasteiger partial charge < -0.3 is 28.4 Å². The van der Waals surface area contributed by atoms with Crippen molar-refractivity contribution < 1.29 is 50.2 Å². The summed E-state index contributed by atoms with van der Waals surface area (Å²) >= 11 is 0. The Kier molecular flexibility index (Phi) is 12.8. The Morgan fingerprint density at radius 3 is 1.50 bits per heavy atom. The van der Waals surface area contributed by atoms with Crippen molar-refractivity contribution in [3.8, 4) is 17.2 Å². The van der Waals surface area contributed by atoms with E-state index in [9.17, 15) is 17.2 Å². The highest BCUT2D eigenvalue weighted by atomic mass is 32.2. The summed E-state index contributed by atoms with van der Waals surface area (Å²) in [6.45, 7) is 3.56. The second kappa shape index (κ2) is 16.1. The smallest absolute Gasteiger partial charge is 0.405 e. The molecule has 2 unspecified atom stereocenters. The van der Waals surface area contributed by atoms with Crippen molar-refractivity contribution in [2.45, 2.75) is 33.0 Å². The van der Waals surface area contributed by atoms with Crippen molar-refractivity contribution in [2.24, 2.45) is 0 Å². The van der Waals surface area contributed by atoms with Crippen LogP contribution in [0.2, 0.25) is 0 Å². The third-order valence-electron chi connectivity index (χ3n) is 5.79. The second-order valence-corrected chi connectivity index (χ2v) is 12.3. The molecule has 3 aromatic rings. The number of ether oxygens (including phenoxy) is 6. The molecule has 2 atom stereocenters. The fourth-order valence-corrected chi connectivity index (χ4v) is 6.10. The number of halogens is 2. The Bertz CT molecular complexity index is 1320. The highest BCUT2D eigenvalue weighted by Crippen LogP contribution is 2.35. The standard InChI is InChI=1S/C29H34F2O9S2/c1-22(29(30,31)42(32,33)34)40-25-8-14-28(15-9-25)41(26-10-4-23(5-11-26)38-20-17-36-3)27-12-6-24(7-13-27)39-21-19-37-18-16-35-2/h4-15,22H,16-21H2,1-3H3/p+1. The zero-order chi connectivity index (χ0) is 30.6. The molecular formula is C29H35F2O9S2+. The molecule has 0 saturated carbocycles. The van der Waals surface area contributed by atoms with Crippen molar-refractivity contribution in [3.63, 3.8) is 0 Å². The van der Waals surface area contributed by atoms with Crippen LogP contribution in [0.1, 0.15) is 6.92 Å². The lowest BCUT2D eigenvalue weighted by atomic mass is 10.3. The van der Waals surface area contributed by atoms with E-state index in [1.165, 1.54) is 12.1 Å². The molecule has 0 aromatic heterocycles. The fourth-order valence-electron chi connectivity index (χ4n) is 3.59. The summed E-state index contributed by atoms with van der Waals surface area (Å²) in [6.07, 6.45) is -2.11. The monoisotopic (exact) mass is 629 g/mol. The topological polar surface area (TPSA) is 110 Å². The average molecular weight is 630 g/mol. The van der Waals surface area contributed by atoms with E-state index >= 15 is 0 Å². The van der Waals surface area contributed by atoms with Gasteiger partial charge in [0.15, 0.2) is 20.8 Å². The Morgan fingerprint density at radius 2 is 1.07 bits per heavy atom. The molecule has 0 heterocycles. The molecule has 0 aliphatic rings. The van der Waals surface area contributed by atoms with Crippen LogP contribution in [0.5, 0.6) is 17.2 Å². The summed E-state index contributed by atoms with van der Waals surface area (Å²) in [7, 11) is -3.05. The molecule has 0 radical (unpaired) electrons. The lowest BCUT2D eigenvalue weighted by Crippen LogP contribution is -2.42. The first-order chi connectivity index (χ1) is 20.1. The maximum atomic E-state index is 14.0. The van der Waals surface area contributed by atoms with Gasteiger partial charge in [0.1, 0.15) is 30.5 Å². The normalized spacial score (nSPS) is 13.4. The molecule has 0 aliphatic heterocycles. The van der Waals surface area contributed by atoms with Crippen molar-refractivity contribution in [1.82, 2.24) is 0 Å². The number of rotatable bonds is 18. The quantitative estimate of drug-likeness (QED) is 0.117. The largest absolute Gasteiger partial charge is 0.491 e. The van der Waals surface area contributed by atoms with E-state index in [2.05, 4.69) is 0 Å². The molecule has 0 bridgehead atoms. The zero-order valence-electron chi connectivity index (χ0n) is 23.5. The van der Waals surface area contributed by atoms with E-state index in [1.54, 1.807) is 26.4 Å². The average Bonchev–Trinajstić information content (AvgIpc) is 2.97. The molecule has 3 rings (SSSR count). The van der Waals surface area contributed by atoms with Gasteiger partial charge in [-0.25, -0.2) is 0 Å². The molecule has 9 nitrogen and oxygen atoms in total. The number of methoxy groups -OCH3 is 2. The minimum atomic E-state index is -5.64. The van der Waals surface area contributed by atoms with Crippen LogP contribution in [0.25, 0.3) is 0 Å². The van der Waals surface area contributed by atoms with Crippen molar-refractivity contribution in [1.29, 1.82) is 0 Å². The van der Waals surface area contributed by atoms with Gasteiger partial charge in [-0.15, -0.1) is 0 Å². The van der Waals surface area contributed by atoms with Crippen LogP contribution in [0.15, 0.2) is 87.5 Å². The van der Waals surface area contributed by atoms with Crippen LogP contribution in [0, 0.1) is 0 Å². The Hall–Kier alpha value is -2.94. The van der Waals surface area contributed by atoms with E-state index in [-0.39, 0.29) is 5.75 Å². The molecule has 42 heavy (non-hydrogen) atoms. The summed E-state index contributed by atoms with van der Waals surface area (Å²) in [4.78, 5) is 2.78. The first kappa shape index (κ1) is 33.6. The van der Waals surface area contributed by atoms with E-state index in [1.807, 2.05) is 48.5 Å². The maximum Gasteiger partial charge on any atom is 0.405 e. The molecule has 0 amide bonds. The lowest BCUT2D eigenvalue weighted by Gasteiger charge is -2.21. The molecule has 0 aliphatic carbocycles. The Balaban J connectivity index is 1.81. The van der Waals surface area contributed by atoms with Crippen LogP contribution >= 0.6 is 0 Å². The van der Waals surface area contributed by atoms with Crippen LogP contribution in [0.4, 0.5) is 8.78 Å². The second-order valence-electron chi connectivity index (χ2n) is 8.81. The molecular weight excluding hydrogens is 594 g/mol. The van der Waals surface area contributed by atoms with Crippen molar-refractivity contribution >= 4 is 21.0 Å². The van der Waals surface area contributed by atoms with E-state index in [4.69, 9.17) is 33.0 Å². The SMILES string of the molecule is COCCOCCOc1ccc([S+](c2ccc(OCCOC)cc2)c2ccc(OC(C)C(F)(F)S(=O)(=O)O)cc2)cc1. The van der Waals surface area contributed by atoms with Gasteiger partial charge in [-0.2, -0.15) is 17.2 Å². The maximum absolute atomic E-state index is 14.0. The molecule has 3 aromatic carbocycles. The molecule has 0 fully saturated rings. The van der Waals surface area contributed by atoms with E-state index in [0.29, 0.717) is 51.1 Å². The summed E-state index contributed by atoms with van der Waals surface area (Å²) in [5.41, 5.74) is 0. The first-order valence-corrected chi connectivity index (χ1v) is 15.6. The third kappa shape index (κ3) is 9.54. The molecule has 0 spiro atoms. The van der Waals surface area contributed by atoms with Gasteiger partial charge in [0.2, 0.25) is 0 Å². The minimum absolute atomic E-state index is 0.0245. The third-order valence-corrected chi connectivity index (χ3v) is 9.04. The molecule has 1 N–H and O–H groups in total. The molecule has 230 valence electrons. The Labute approximate surface area is 247 Å². The summed E-state index contributed by atoms with van der Waals surface area (Å²) < 4.78 is 90.9. The summed E-state index contributed by atoms with van der Waals surface area (Å²) in [6, 6.07) is 21.7. The van der Waals surface area contributed by atoms with Gasteiger partial charge in [-0.1, -0.05) is 0 Å². The molecule has 0 saturated heterocycles. The van der Waals surface area contributed by atoms with Gasteiger partial charge in [-0.3, -0.25) is 4.55 Å². The highest BCUT2D eigenvalue weighted by molar-refractivity contribution is 7.97. The van der Waals surface area contributed by atoms with Crippen LogP contribution in [-0.2, 0) is 35.2 Å². The van der Waals surface area contributed by atoms with Crippen LogP contribution in [0.3, 0.4) is 0 Å². The number of benzene rings is 3. The Morgan fingerprint density at radius 1 is 0.690 bits per heavy atom. The zero-order valence-corrected chi connectivity index (χ0v) is 25.2.